The third kappa shape index (κ3) is 4.49. The molecule has 1 atom stereocenters. The summed E-state index contributed by atoms with van der Waals surface area (Å²) in [5, 5.41) is 9.04. The summed E-state index contributed by atoms with van der Waals surface area (Å²) in [7, 11) is 0. The number of esters is 1. The van der Waals surface area contributed by atoms with Crippen molar-refractivity contribution in [1.82, 2.24) is 0 Å². The normalized spacial score (nSPS) is 20.6. The van der Waals surface area contributed by atoms with Crippen molar-refractivity contribution in [1.29, 1.82) is 0 Å². The molecule has 3 N–H and O–H groups in total. The third-order valence-corrected chi connectivity index (χ3v) is 3.56. The van der Waals surface area contributed by atoms with Crippen molar-refractivity contribution >= 4 is 11.9 Å². The molecule has 0 bridgehead atoms. The van der Waals surface area contributed by atoms with Gasteiger partial charge in [-0.15, -0.1) is 0 Å². The first-order chi connectivity index (χ1) is 8.65. The lowest BCUT2D eigenvalue weighted by molar-refractivity contribution is -0.168. The zero-order valence-corrected chi connectivity index (χ0v) is 12.1. The minimum Gasteiger partial charge on any atom is -0.481 e. The van der Waals surface area contributed by atoms with Gasteiger partial charge in [0, 0.05) is 0 Å². The number of hydrogen-bond donors (Lipinski definition) is 2. The first-order valence-corrected chi connectivity index (χ1v) is 6.89. The number of ether oxygens (including phenoxy) is 1. The second-order valence-electron chi connectivity index (χ2n) is 6.45. The average Bonchev–Trinajstić information content (AvgIpc) is 2.26. The molecule has 1 unspecified atom stereocenters. The van der Waals surface area contributed by atoms with Crippen LogP contribution in [0, 0.1) is 5.92 Å². The third-order valence-electron chi connectivity index (χ3n) is 3.56. The Labute approximate surface area is 114 Å². The van der Waals surface area contributed by atoms with Crippen molar-refractivity contribution in [2.45, 2.75) is 70.4 Å². The molecule has 1 rings (SSSR count). The molecule has 1 aliphatic carbocycles. The van der Waals surface area contributed by atoms with E-state index < -0.39 is 23.1 Å². The van der Waals surface area contributed by atoms with Crippen LogP contribution in [0.15, 0.2) is 0 Å². The maximum atomic E-state index is 12.3. The SMILES string of the molecule is CC(C)(C)OC(=O)C(N)(CC(=O)O)C1CCCCC1. The van der Waals surface area contributed by atoms with E-state index in [1.165, 1.54) is 0 Å². The molecular weight excluding hydrogens is 246 g/mol. The molecule has 0 aromatic rings. The monoisotopic (exact) mass is 271 g/mol. The van der Waals surface area contributed by atoms with Crippen LogP contribution in [-0.2, 0) is 14.3 Å². The van der Waals surface area contributed by atoms with Crippen LogP contribution in [0.4, 0.5) is 0 Å². The van der Waals surface area contributed by atoms with E-state index in [1.807, 2.05) is 0 Å². The van der Waals surface area contributed by atoms with Gasteiger partial charge in [-0.1, -0.05) is 19.3 Å². The fourth-order valence-electron chi connectivity index (χ4n) is 2.62. The van der Waals surface area contributed by atoms with Crippen LogP contribution in [0.25, 0.3) is 0 Å². The van der Waals surface area contributed by atoms with Gasteiger partial charge in [-0.05, 0) is 39.5 Å². The standard InChI is InChI=1S/C14H25NO4/c1-13(2,3)19-12(18)14(15,9-11(16)17)10-7-5-4-6-8-10/h10H,4-9,15H2,1-3H3,(H,16,17). The Kier molecular flexibility index (Phi) is 4.96. The van der Waals surface area contributed by atoms with Crippen LogP contribution in [0.1, 0.15) is 59.3 Å². The van der Waals surface area contributed by atoms with Gasteiger partial charge in [0.1, 0.15) is 11.1 Å². The van der Waals surface area contributed by atoms with Crippen LogP contribution >= 0.6 is 0 Å². The van der Waals surface area contributed by atoms with Crippen molar-refractivity contribution < 1.29 is 19.4 Å². The van der Waals surface area contributed by atoms with Gasteiger partial charge in [0.2, 0.25) is 0 Å². The number of nitrogens with two attached hydrogens (primary N) is 1. The van der Waals surface area contributed by atoms with Crippen LogP contribution in [0.2, 0.25) is 0 Å². The summed E-state index contributed by atoms with van der Waals surface area (Å²) in [6.45, 7) is 5.27. The highest BCUT2D eigenvalue weighted by molar-refractivity contribution is 5.86. The Morgan fingerprint density at radius 2 is 1.74 bits per heavy atom. The molecule has 110 valence electrons. The predicted octanol–water partition coefficient (Wildman–Crippen LogP) is 2.08. The van der Waals surface area contributed by atoms with Crippen LogP contribution in [0.3, 0.4) is 0 Å². The average molecular weight is 271 g/mol. The van der Waals surface area contributed by atoms with Gasteiger partial charge < -0.3 is 15.6 Å². The Morgan fingerprint density at radius 3 is 2.16 bits per heavy atom. The molecule has 19 heavy (non-hydrogen) atoms. The molecule has 0 saturated heterocycles. The van der Waals surface area contributed by atoms with Crippen LogP contribution in [-0.4, -0.2) is 28.2 Å². The molecule has 1 saturated carbocycles. The van der Waals surface area contributed by atoms with Crippen molar-refractivity contribution in [3.63, 3.8) is 0 Å². The highest BCUT2D eigenvalue weighted by Gasteiger charge is 2.46. The maximum absolute atomic E-state index is 12.3. The van der Waals surface area contributed by atoms with Gasteiger partial charge >= 0.3 is 11.9 Å². The van der Waals surface area contributed by atoms with Crippen molar-refractivity contribution in [2.24, 2.45) is 11.7 Å². The topological polar surface area (TPSA) is 89.6 Å². The van der Waals surface area contributed by atoms with Gasteiger partial charge in [0.15, 0.2) is 0 Å². The molecular formula is C14H25NO4. The molecule has 0 radical (unpaired) electrons. The van der Waals surface area contributed by atoms with Crippen molar-refractivity contribution in [3.8, 4) is 0 Å². The van der Waals surface area contributed by atoms with E-state index >= 15 is 0 Å². The number of carboxylic acids is 1. The minimum atomic E-state index is -1.40. The second-order valence-corrected chi connectivity index (χ2v) is 6.45. The number of carbonyl (C=O) groups is 2. The zero-order chi connectivity index (χ0) is 14.7. The summed E-state index contributed by atoms with van der Waals surface area (Å²) in [5.41, 5.74) is 4.11. The summed E-state index contributed by atoms with van der Waals surface area (Å²) in [6.07, 6.45) is 4.32. The van der Waals surface area contributed by atoms with Crippen molar-refractivity contribution in [2.75, 3.05) is 0 Å². The maximum Gasteiger partial charge on any atom is 0.327 e. The molecule has 0 aromatic heterocycles. The Hall–Kier alpha value is -1.10. The number of rotatable bonds is 4. The molecule has 5 nitrogen and oxygen atoms in total. The summed E-state index contributed by atoms with van der Waals surface area (Å²) >= 11 is 0. The van der Waals surface area contributed by atoms with Gasteiger partial charge in [-0.3, -0.25) is 9.59 Å². The lowest BCUT2D eigenvalue weighted by Crippen LogP contribution is -2.58. The largest absolute Gasteiger partial charge is 0.481 e. The smallest absolute Gasteiger partial charge is 0.327 e. The Morgan fingerprint density at radius 1 is 1.21 bits per heavy atom. The van der Waals surface area contributed by atoms with Crippen LogP contribution < -0.4 is 5.73 Å². The van der Waals surface area contributed by atoms with E-state index in [2.05, 4.69) is 0 Å². The van der Waals surface area contributed by atoms with Gasteiger partial charge in [0.25, 0.3) is 0 Å². The van der Waals surface area contributed by atoms with E-state index in [-0.39, 0.29) is 12.3 Å². The summed E-state index contributed by atoms with van der Waals surface area (Å²) < 4.78 is 5.33. The lowest BCUT2D eigenvalue weighted by Gasteiger charge is -2.38. The molecule has 1 aliphatic rings. The summed E-state index contributed by atoms with van der Waals surface area (Å²) in [6, 6.07) is 0. The van der Waals surface area contributed by atoms with Gasteiger partial charge in [-0.25, -0.2) is 0 Å². The zero-order valence-electron chi connectivity index (χ0n) is 12.1. The Balaban J connectivity index is 2.90. The Bertz CT molecular complexity index is 342. The quantitative estimate of drug-likeness (QED) is 0.764. The van der Waals surface area contributed by atoms with E-state index in [0.29, 0.717) is 0 Å². The van der Waals surface area contributed by atoms with E-state index in [9.17, 15) is 9.59 Å². The fourth-order valence-corrected chi connectivity index (χ4v) is 2.62. The number of carboxylic acid groups (broad SMARTS) is 1. The van der Waals surface area contributed by atoms with Gasteiger partial charge in [0.05, 0.1) is 6.42 Å². The van der Waals surface area contributed by atoms with Gasteiger partial charge in [-0.2, -0.15) is 0 Å². The second kappa shape index (κ2) is 5.90. The summed E-state index contributed by atoms with van der Waals surface area (Å²) in [5.74, 6) is -1.75. The minimum absolute atomic E-state index is 0.104. The fraction of sp³-hybridized carbons (Fsp3) is 0.857. The van der Waals surface area contributed by atoms with E-state index in [4.69, 9.17) is 15.6 Å². The molecule has 0 aromatic carbocycles. The predicted molar refractivity (Wildman–Crippen MR) is 71.6 cm³/mol. The highest BCUT2D eigenvalue weighted by atomic mass is 16.6. The first kappa shape index (κ1) is 16.0. The van der Waals surface area contributed by atoms with Crippen molar-refractivity contribution in [3.05, 3.63) is 0 Å². The highest BCUT2D eigenvalue weighted by Crippen LogP contribution is 2.35. The number of aliphatic carboxylic acids is 1. The summed E-state index contributed by atoms with van der Waals surface area (Å²) in [4.78, 5) is 23.3. The lowest BCUT2D eigenvalue weighted by atomic mass is 9.73. The molecule has 0 amide bonds. The molecule has 0 heterocycles. The first-order valence-electron chi connectivity index (χ1n) is 6.89. The molecule has 5 heteroatoms. The number of hydrogen-bond acceptors (Lipinski definition) is 4. The molecule has 1 fully saturated rings. The van der Waals surface area contributed by atoms with Crippen LogP contribution in [0.5, 0.6) is 0 Å². The number of carbonyl (C=O) groups excluding carboxylic acids is 1. The molecule has 0 aliphatic heterocycles. The van der Waals surface area contributed by atoms with E-state index in [0.717, 1.165) is 32.1 Å². The molecule has 0 spiro atoms. The van der Waals surface area contributed by atoms with E-state index in [1.54, 1.807) is 20.8 Å².